The van der Waals surface area contributed by atoms with E-state index in [4.69, 9.17) is 0 Å². The third kappa shape index (κ3) is 3.01. The molecule has 0 radical (unpaired) electrons. The number of fused-ring (bicyclic) bond motifs is 1. The zero-order valence-corrected chi connectivity index (χ0v) is 11.2. The number of rotatable bonds is 2. The Bertz CT molecular complexity index is 815. The van der Waals surface area contributed by atoms with Gasteiger partial charge in [0.15, 0.2) is 0 Å². The number of nitrogens with one attached hydrogen (secondary N) is 3. The lowest BCUT2D eigenvalue weighted by Crippen LogP contribution is -2.43. The van der Waals surface area contributed by atoms with E-state index in [1.807, 2.05) is 6.07 Å². The summed E-state index contributed by atoms with van der Waals surface area (Å²) in [4.78, 5) is 23.6. The lowest BCUT2D eigenvalue weighted by atomic mass is 10.2. The van der Waals surface area contributed by atoms with Crippen molar-refractivity contribution in [2.24, 2.45) is 0 Å². The van der Waals surface area contributed by atoms with Crippen molar-refractivity contribution >= 4 is 28.7 Å². The van der Waals surface area contributed by atoms with Gasteiger partial charge in [0.2, 0.25) is 0 Å². The van der Waals surface area contributed by atoms with Crippen LogP contribution in [0.2, 0.25) is 0 Å². The summed E-state index contributed by atoms with van der Waals surface area (Å²) in [5.41, 5.74) is 6.50. The molecule has 8 heteroatoms. The number of carbonyl (C=O) groups excluding carboxylic acids is 2. The minimum atomic E-state index is -0.552. The van der Waals surface area contributed by atoms with Crippen molar-refractivity contribution in [3.63, 3.8) is 0 Å². The van der Waals surface area contributed by atoms with Gasteiger partial charge in [-0.2, -0.15) is 0 Å². The minimum absolute atomic E-state index is 0.322. The van der Waals surface area contributed by atoms with Gasteiger partial charge in [-0.1, -0.05) is 18.2 Å². The number of amides is 3. The van der Waals surface area contributed by atoms with Gasteiger partial charge in [0.25, 0.3) is 5.91 Å². The van der Waals surface area contributed by atoms with Gasteiger partial charge in [-0.25, -0.2) is 14.8 Å². The lowest BCUT2D eigenvalue weighted by Gasteiger charge is -2.08. The van der Waals surface area contributed by atoms with Gasteiger partial charge in [-0.3, -0.25) is 10.2 Å². The molecule has 110 valence electrons. The molecular weight excluding hydrogens is 286 g/mol. The van der Waals surface area contributed by atoms with Gasteiger partial charge in [0.1, 0.15) is 11.0 Å². The molecule has 22 heavy (non-hydrogen) atoms. The second kappa shape index (κ2) is 5.92. The smallest absolute Gasteiger partial charge is 0.307 e. The van der Waals surface area contributed by atoms with Gasteiger partial charge in [-0.05, 0) is 40.6 Å². The number of carbonyl (C=O) groups is 2. The summed E-state index contributed by atoms with van der Waals surface area (Å²) < 4.78 is 4.55. The number of para-hydroxylation sites is 1. The molecule has 0 saturated heterocycles. The number of hydrogen-bond donors (Lipinski definition) is 3. The monoisotopic (exact) mass is 297 g/mol. The molecule has 1 heterocycles. The first kappa shape index (κ1) is 13.6. The predicted octanol–water partition coefficient (Wildman–Crippen LogP) is 1.69. The molecule has 0 bridgehead atoms. The predicted molar refractivity (Wildman–Crippen MR) is 77.9 cm³/mol. The molecule has 0 spiro atoms. The molecule has 0 unspecified atom stereocenters. The summed E-state index contributed by atoms with van der Waals surface area (Å²) in [6.07, 6.45) is 0. The van der Waals surface area contributed by atoms with Gasteiger partial charge >= 0.3 is 6.03 Å². The molecule has 0 fully saturated rings. The van der Waals surface area contributed by atoms with Crippen LogP contribution in [0.25, 0.3) is 11.0 Å². The number of hydrogen-bond acceptors (Lipinski definition) is 5. The Morgan fingerprint density at radius 2 is 1.68 bits per heavy atom. The van der Waals surface area contributed by atoms with Crippen LogP contribution in [0.15, 0.2) is 53.2 Å². The lowest BCUT2D eigenvalue weighted by molar-refractivity contribution is 0.0938. The highest BCUT2D eigenvalue weighted by molar-refractivity contribution is 5.99. The zero-order valence-electron chi connectivity index (χ0n) is 11.2. The third-order valence-corrected chi connectivity index (χ3v) is 2.84. The van der Waals surface area contributed by atoms with Crippen LogP contribution in [0.3, 0.4) is 0 Å². The normalized spacial score (nSPS) is 10.2. The van der Waals surface area contributed by atoms with Crippen molar-refractivity contribution in [2.75, 3.05) is 5.32 Å². The SMILES string of the molecule is O=C(NNC(=O)c1ccc2nonc2c1)Nc1ccccc1. The summed E-state index contributed by atoms with van der Waals surface area (Å²) in [6.45, 7) is 0. The van der Waals surface area contributed by atoms with Crippen molar-refractivity contribution < 1.29 is 14.2 Å². The Balaban J connectivity index is 1.58. The number of aromatic nitrogens is 2. The topological polar surface area (TPSA) is 109 Å². The summed E-state index contributed by atoms with van der Waals surface area (Å²) in [5, 5.41) is 9.86. The molecule has 1 aromatic heterocycles. The molecule has 0 atom stereocenters. The number of hydrazine groups is 1. The maximum atomic E-state index is 11.9. The Morgan fingerprint density at radius 1 is 0.909 bits per heavy atom. The summed E-state index contributed by atoms with van der Waals surface area (Å²) in [6, 6.07) is 13.0. The quantitative estimate of drug-likeness (QED) is 0.624. The third-order valence-electron chi connectivity index (χ3n) is 2.84. The average molecular weight is 297 g/mol. The molecule has 3 aromatic rings. The molecule has 0 aliphatic heterocycles. The largest absolute Gasteiger partial charge is 0.337 e. The van der Waals surface area contributed by atoms with E-state index < -0.39 is 11.9 Å². The van der Waals surface area contributed by atoms with Crippen molar-refractivity contribution in [2.45, 2.75) is 0 Å². The number of benzene rings is 2. The first-order valence-corrected chi connectivity index (χ1v) is 6.37. The van der Waals surface area contributed by atoms with Crippen LogP contribution in [0, 0.1) is 0 Å². The van der Waals surface area contributed by atoms with E-state index in [1.54, 1.807) is 36.4 Å². The number of anilines is 1. The van der Waals surface area contributed by atoms with Crippen LogP contribution in [-0.2, 0) is 0 Å². The van der Waals surface area contributed by atoms with Crippen molar-refractivity contribution in [3.8, 4) is 0 Å². The molecule has 8 nitrogen and oxygen atoms in total. The Labute approximate surface area is 124 Å². The van der Waals surface area contributed by atoms with Gasteiger partial charge < -0.3 is 5.32 Å². The maximum Gasteiger partial charge on any atom is 0.337 e. The van der Waals surface area contributed by atoms with Crippen molar-refractivity contribution in [1.29, 1.82) is 0 Å². The van der Waals surface area contributed by atoms with E-state index in [9.17, 15) is 9.59 Å². The van der Waals surface area contributed by atoms with E-state index in [0.29, 0.717) is 22.3 Å². The highest BCUT2D eigenvalue weighted by Crippen LogP contribution is 2.11. The number of nitrogens with zero attached hydrogens (tertiary/aromatic N) is 2. The molecule has 3 amide bonds. The van der Waals surface area contributed by atoms with E-state index in [0.717, 1.165) is 0 Å². The van der Waals surface area contributed by atoms with Crippen molar-refractivity contribution in [3.05, 3.63) is 54.1 Å². The van der Waals surface area contributed by atoms with Crippen LogP contribution in [0.4, 0.5) is 10.5 Å². The van der Waals surface area contributed by atoms with Crippen LogP contribution in [0.1, 0.15) is 10.4 Å². The van der Waals surface area contributed by atoms with Crippen LogP contribution >= 0.6 is 0 Å². The first-order chi connectivity index (χ1) is 10.7. The second-order valence-corrected chi connectivity index (χ2v) is 4.37. The Morgan fingerprint density at radius 3 is 2.50 bits per heavy atom. The van der Waals surface area contributed by atoms with E-state index in [2.05, 4.69) is 31.1 Å². The van der Waals surface area contributed by atoms with Crippen LogP contribution in [-0.4, -0.2) is 22.3 Å². The first-order valence-electron chi connectivity index (χ1n) is 6.37. The molecule has 2 aromatic carbocycles. The van der Waals surface area contributed by atoms with E-state index in [1.165, 1.54) is 6.07 Å². The second-order valence-electron chi connectivity index (χ2n) is 4.37. The highest BCUT2D eigenvalue weighted by Gasteiger charge is 2.10. The fourth-order valence-corrected chi connectivity index (χ4v) is 1.79. The molecule has 3 N–H and O–H groups in total. The number of urea groups is 1. The molecule has 3 rings (SSSR count). The summed E-state index contributed by atoms with van der Waals surface area (Å²) in [7, 11) is 0. The highest BCUT2D eigenvalue weighted by atomic mass is 16.6. The summed E-state index contributed by atoms with van der Waals surface area (Å²) in [5.74, 6) is -0.479. The molecule has 0 saturated carbocycles. The van der Waals surface area contributed by atoms with Crippen LogP contribution < -0.4 is 16.2 Å². The van der Waals surface area contributed by atoms with Gasteiger partial charge in [0, 0.05) is 11.3 Å². The van der Waals surface area contributed by atoms with Crippen LogP contribution in [0.5, 0.6) is 0 Å². The van der Waals surface area contributed by atoms with E-state index >= 15 is 0 Å². The van der Waals surface area contributed by atoms with Gasteiger partial charge in [-0.15, -0.1) is 0 Å². The molecular formula is C14H11N5O3. The fraction of sp³-hybridized carbons (Fsp3) is 0. The maximum absolute atomic E-state index is 11.9. The standard InChI is InChI=1S/C14H11N5O3/c20-13(9-6-7-11-12(8-9)19-22-18-11)16-17-14(21)15-10-4-2-1-3-5-10/h1-8H,(H,16,20)(H2,15,17,21). The molecule has 0 aliphatic carbocycles. The van der Waals surface area contributed by atoms with Crippen molar-refractivity contribution in [1.82, 2.24) is 21.2 Å². The average Bonchev–Trinajstić information content (AvgIpc) is 3.01. The zero-order chi connectivity index (χ0) is 15.4. The fourth-order valence-electron chi connectivity index (χ4n) is 1.79. The molecule has 0 aliphatic rings. The Hall–Kier alpha value is -3.42. The Kier molecular flexibility index (Phi) is 3.65. The summed E-state index contributed by atoms with van der Waals surface area (Å²) >= 11 is 0. The minimum Gasteiger partial charge on any atom is -0.307 e. The van der Waals surface area contributed by atoms with E-state index in [-0.39, 0.29) is 0 Å². The van der Waals surface area contributed by atoms with Gasteiger partial charge in [0.05, 0.1) is 0 Å².